The summed E-state index contributed by atoms with van der Waals surface area (Å²) in [7, 11) is 0. The largest absolute Gasteiger partial charge is 0.466 e. The van der Waals surface area contributed by atoms with Crippen LogP contribution in [-0.4, -0.2) is 18.4 Å². The Morgan fingerprint density at radius 3 is 2.78 bits per heavy atom. The number of para-hydroxylation sites is 1. The molecule has 0 fully saturated rings. The van der Waals surface area contributed by atoms with Gasteiger partial charge in [0, 0.05) is 12.0 Å². The molecule has 0 saturated carbocycles. The highest BCUT2D eigenvalue weighted by Crippen LogP contribution is 2.35. The zero-order chi connectivity index (χ0) is 16.4. The lowest BCUT2D eigenvalue weighted by atomic mass is 9.97. The monoisotopic (exact) mass is 310 g/mol. The first-order valence-corrected chi connectivity index (χ1v) is 7.69. The molecule has 1 aliphatic rings. The Hall–Kier alpha value is -2.62. The van der Waals surface area contributed by atoms with E-state index in [1.165, 1.54) is 0 Å². The molecule has 1 atom stereocenters. The highest BCUT2D eigenvalue weighted by atomic mass is 16.5. The number of hydrogen-bond acceptors (Lipinski definition) is 4. The molecule has 3 rings (SSSR count). The van der Waals surface area contributed by atoms with Crippen LogP contribution in [0.15, 0.2) is 42.5 Å². The minimum atomic E-state index is -0.405. The molecule has 2 aromatic rings. The van der Waals surface area contributed by atoms with Gasteiger partial charge in [-0.3, -0.25) is 9.59 Å². The topological polar surface area (TPSA) is 52.6 Å². The Labute approximate surface area is 135 Å². The number of ketones is 1. The number of ether oxygens (including phenoxy) is 2. The fourth-order valence-corrected chi connectivity index (χ4v) is 2.66. The van der Waals surface area contributed by atoms with Gasteiger partial charge in [-0.05, 0) is 37.6 Å². The SMILES string of the molecule is CCOC(=O)C(C)c1ccc2c(c1)Oc1ccccc1CC2=O. The van der Waals surface area contributed by atoms with E-state index in [4.69, 9.17) is 9.47 Å². The molecule has 0 amide bonds. The van der Waals surface area contributed by atoms with Crippen molar-refractivity contribution in [3.8, 4) is 11.5 Å². The number of esters is 1. The minimum Gasteiger partial charge on any atom is -0.466 e. The molecule has 0 radical (unpaired) electrons. The van der Waals surface area contributed by atoms with Crippen LogP contribution in [0.1, 0.15) is 41.3 Å². The van der Waals surface area contributed by atoms with Crippen molar-refractivity contribution in [1.29, 1.82) is 0 Å². The predicted molar refractivity (Wildman–Crippen MR) is 86.0 cm³/mol. The molecule has 0 aromatic heterocycles. The van der Waals surface area contributed by atoms with Crippen LogP contribution in [0.3, 0.4) is 0 Å². The van der Waals surface area contributed by atoms with Crippen molar-refractivity contribution in [2.45, 2.75) is 26.2 Å². The smallest absolute Gasteiger partial charge is 0.313 e. The number of rotatable bonds is 3. The molecule has 0 spiro atoms. The second-order valence-corrected chi connectivity index (χ2v) is 5.54. The van der Waals surface area contributed by atoms with E-state index in [0.29, 0.717) is 30.1 Å². The van der Waals surface area contributed by atoms with Crippen molar-refractivity contribution in [2.24, 2.45) is 0 Å². The van der Waals surface area contributed by atoms with E-state index in [9.17, 15) is 9.59 Å². The van der Waals surface area contributed by atoms with Crippen molar-refractivity contribution in [2.75, 3.05) is 6.61 Å². The van der Waals surface area contributed by atoms with Crippen LogP contribution in [0, 0.1) is 0 Å². The average Bonchev–Trinajstić information content (AvgIpc) is 2.69. The molecule has 1 heterocycles. The van der Waals surface area contributed by atoms with Gasteiger partial charge in [0.1, 0.15) is 11.5 Å². The predicted octanol–water partition coefficient (Wildman–Crippen LogP) is 3.88. The Morgan fingerprint density at radius 1 is 1.22 bits per heavy atom. The van der Waals surface area contributed by atoms with Crippen molar-refractivity contribution in [1.82, 2.24) is 0 Å². The van der Waals surface area contributed by atoms with Crippen LogP contribution in [0.5, 0.6) is 11.5 Å². The zero-order valence-corrected chi connectivity index (χ0v) is 13.2. The summed E-state index contributed by atoms with van der Waals surface area (Å²) in [4.78, 5) is 24.3. The molecule has 4 nitrogen and oxygen atoms in total. The molecule has 2 aromatic carbocycles. The Bertz CT molecular complexity index is 764. The molecule has 1 unspecified atom stereocenters. The lowest BCUT2D eigenvalue weighted by Crippen LogP contribution is -2.13. The number of benzene rings is 2. The average molecular weight is 310 g/mol. The van der Waals surface area contributed by atoms with Crippen LogP contribution < -0.4 is 4.74 Å². The van der Waals surface area contributed by atoms with E-state index in [0.717, 1.165) is 11.1 Å². The second-order valence-electron chi connectivity index (χ2n) is 5.54. The van der Waals surface area contributed by atoms with Crippen LogP contribution in [0.2, 0.25) is 0 Å². The van der Waals surface area contributed by atoms with E-state index >= 15 is 0 Å². The van der Waals surface area contributed by atoms with Gasteiger partial charge in [0.15, 0.2) is 5.78 Å². The van der Waals surface area contributed by atoms with Crippen LogP contribution in [0.25, 0.3) is 0 Å². The van der Waals surface area contributed by atoms with Gasteiger partial charge in [-0.25, -0.2) is 0 Å². The number of hydrogen-bond donors (Lipinski definition) is 0. The standard InChI is InChI=1S/C19H18O4/c1-3-22-19(21)12(2)13-8-9-15-16(20)10-14-6-4-5-7-17(14)23-18(15)11-13/h4-9,11-12H,3,10H2,1-2H3. The minimum absolute atomic E-state index is 0.0142. The molecular formula is C19H18O4. The third kappa shape index (κ3) is 2.97. The van der Waals surface area contributed by atoms with E-state index in [2.05, 4.69) is 0 Å². The van der Waals surface area contributed by atoms with Gasteiger partial charge in [-0.1, -0.05) is 24.3 Å². The maximum absolute atomic E-state index is 12.4. The lowest BCUT2D eigenvalue weighted by molar-refractivity contribution is -0.144. The van der Waals surface area contributed by atoms with Gasteiger partial charge < -0.3 is 9.47 Å². The first kappa shape index (κ1) is 15.3. The summed E-state index contributed by atoms with van der Waals surface area (Å²) in [6, 6.07) is 12.8. The highest BCUT2D eigenvalue weighted by Gasteiger charge is 2.24. The van der Waals surface area contributed by atoms with E-state index in [1.807, 2.05) is 24.3 Å². The Balaban J connectivity index is 1.98. The highest BCUT2D eigenvalue weighted by molar-refractivity contribution is 6.01. The van der Waals surface area contributed by atoms with Crippen molar-refractivity contribution < 1.29 is 19.1 Å². The summed E-state index contributed by atoms with van der Waals surface area (Å²) in [6.45, 7) is 3.91. The maximum atomic E-state index is 12.4. The van der Waals surface area contributed by atoms with E-state index in [1.54, 1.807) is 32.0 Å². The van der Waals surface area contributed by atoms with Crippen LogP contribution >= 0.6 is 0 Å². The van der Waals surface area contributed by atoms with Crippen molar-refractivity contribution >= 4 is 11.8 Å². The van der Waals surface area contributed by atoms with E-state index in [-0.39, 0.29) is 11.8 Å². The van der Waals surface area contributed by atoms with Crippen molar-refractivity contribution in [3.05, 3.63) is 59.2 Å². The lowest BCUT2D eigenvalue weighted by Gasteiger charge is -2.14. The van der Waals surface area contributed by atoms with Gasteiger partial charge in [0.2, 0.25) is 0 Å². The van der Waals surface area contributed by atoms with Gasteiger partial charge in [-0.15, -0.1) is 0 Å². The Morgan fingerprint density at radius 2 is 2.00 bits per heavy atom. The molecule has 4 heteroatoms. The first-order chi connectivity index (χ1) is 11.1. The summed E-state index contributed by atoms with van der Waals surface area (Å²) < 4.78 is 11.0. The van der Waals surface area contributed by atoms with Gasteiger partial charge >= 0.3 is 5.97 Å². The normalized spacial score (nSPS) is 14.1. The summed E-state index contributed by atoms with van der Waals surface area (Å²) in [6.07, 6.45) is 0.315. The molecule has 0 aliphatic carbocycles. The fraction of sp³-hybridized carbons (Fsp3) is 0.263. The maximum Gasteiger partial charge on any atom is 0.313 e. The zero-order valence-electron chi connectivity index (χ0n) is 13.2. The molecule has 1 aliphatic heterocycles. The second kappa shape index (κ2) is 6.24. The number of fused-ring (bicyclic) bond motifs is 2. The molecule has 23 heavy (non-hydrogen) atoms. The molecule has 0 bridgehead atoms. The molecule has 118 valence electrons. The summed E-state index contributed by atoms with van der Waals surface area (Å²) in [5.74, 6) is 0.500. The summed E-state index contributed by atoms with van der Waals surface area (Å²) in [5, 5.41) is 0. The van der Waals surface area contributed by atoms with Crippen LogP contribution in [0.4, 0.5) is 0 Å². The fourth-order valence-electron chi connectivity index (χ4n) is 2.66. The van der Waals surface area contributed by atoms with Gasteiger partial charge in [-0.2, -0.15) is 0 Å². The number of carbonyl (C=O) groups is 2. The number of carbonyl (C=O) groups excluding carboxylic acids is 2. The summed E-state index contributed by atoms with van der Waals surface area (Å²) in [5.41, 5.74) is 2.18. The summed E-state index contributed by atoms with van der Waals surface area (Å²) >= 11 is 0. The van der Waals surface area contributed by atoms with Crippen molar-refractivity contribution in [3.63, 3.8) is 0 Å². The Kier molecular flexibility index (Phi) is 4.15. The molecule has 0 saturated heterocycles. The quantitative estimate of drug-likeness (QED) is 0.807. The third-order valence-electron chi connectivity index (χ3n) is 3.99. The molecular weight excluding hydrogens is 292 g/mol. The van der Waals surface area contributed by atoms with E-state index < -0.39 is 5.92 Å². The van der Waals surface area contributed by atoms with Crippen LogP contribution in [-0.2, 0) is 16.0 Å². The first-order valence-electron chi connectivity index (χ1n) is 7.69. The number of Topliss-reactive ketones (excluding diaryl/α,β-unsaturated/α-hetero) is 1. The third-order valence-corrected chi connectivity index (χ3v) is 3.99. The van der Waals surface area contributed by atoms with Gasteiger partial charge in [0.25, 0.3) is 0 Å². The van der Waals surface area contributed by atoms with Gasteiger partial charge in [0.05, 0.1) is 18.1 Å². The molecule has 0 N–H and O–H groups in total.